The molecular formula is C20H24ClN5O4. The van der Waals surface area contributed by atoms with Gasteiger partial charge in [-0.15, -0.1) is 0 Å². The van der Waals surface area contributed by atoms with Crippen molar-refractivity contribution in [3.63, 3.8) is 0 Å². The maximum atomic E-state index is 13.2. The lowest BCUT2D eigenvalue weighted by atomic mass is 10.3. The van der Waals surface area contributed by atoms with Crippen molar-refractivity contribution in [3.8, 4) is 0 Å². The first-order valence-corrected chi connectivity index (χ1v) is 10.00. The number of nitrogens with one attached hydrogen (secondary N) is 1. The molecule has 1 N–H and O–H groups in total. The number of carbonyl (C=O) groups excluding carboxylic acids is 1. The van der Waals surface area contributed by atoms with Crippen LogP contribution in [0.2, 0.25) is 5.02 Å². The molecule has 9 nitrogen and oxygen atoms in total. The summed E-state index contributed by atoms with van der Waals surface area (Å²) in [4.78, 5) is 43.2. The van der Waals surface area contributed by atoms with E-state index in [0.717, 1.165) is 4.57 Å². The molecule has 0 aliphatic heterocycles. The van der Waals surface area contributed by atoms with Crippen LogP contribution in [-0.4, -0.2) is 38.3 Å². The fourth-order valence-corrected chi connectivity index (χ4v) is 3.42. The predicted octanol–water partition coefficient (Wildman–Crippen LogP) is 2.02. The number of imidazole rings is 1. The van der Waals surface area contributed by atoms with Crippen molar-refractivity contribution in [2.45, 2.75) is 39.9 Å². The number of anilines is 1. The van der Waals surface area contributed by atoms with Crippen LogP contribution in [0.1, 0.15) is 19.2 Å². The molecule has 2 aromatic heterocycles. The summed E-state index contributed by atoms with van der Waals surface area (Å²) < 4.78 is 9.25. The standard InChI is InChI=1S/C20H24ClN5O4/c1-4-9-25-18-17(24(10-11-30-3)13(2)22-18)19(28)26(20(25)29)12-16(27)23-15-7-5-14(21)6-8-15/h5-8H,4,9-12H2,1-3H3,(H,23,27). The quantitative estimate of drug-likeness (QED) is 0.585. The predicted molar refractivity (Wildman–Crippen MR) is 115 cm³/mol. The van der Waals surface area contributed by atoms with Crippen LogP contribution in [0.4, 0.5) is 5.69 Å². The van der Waals surface area contributed by atoms with Crippen molar-refractivity contribution < 1.29 is 9.53 Å². The van der Waals surface area contributed by atoms with E-state index in [4.69, 9.17) is 16.3 Å². The third kappa shape index (κ3) is 4.31. The molecule has 0 fully saturated rings. The first kappa shape index (κ1) is 21.8. The minimum atomic E-state index is -0.558. The van der Waals surface area contributed by atoms with Gasteiger partial charge in [-0.2, -0.15) is 0 Å². The SMILES string of the molecule is CCCn1c(=O)n(CC(=O)Nc2ccc(Cl)cc2)c(=O)c2c1nc(C)n2CCOC. The molecule has 0 radical (unpaired) electrons. The van der Waals surface area contributed by atoms with E-state index < -0.39 is 23.7 Å². The van der Waals surface area contributed by atoms with Crippen molar-refractivity contribution in [3.05, 3.63) is 56.0 Å². The normalized spacial score (nSPS) is 11.2. The molecule has 1 aromatic carbocycles. The number of fused-ring (bicyclic) bond motifs is 1. The monoisotopic (exact) mass is 433 g/mol. The van der Waals surface area contributed by atoms with Gasteiger partial charge in [-0.05, 0) is 37.6 Å². The van der Waals surface area contributed by atoms with E-state index in [0.29, 0.717) is 48.3 Å². The lowest BCUT2D eigenvalue weighted by molar-refractivity contribution is -0.116. The fourth-order valence-electron chi connectivity index (χ4n) is 3.30. The summed E-state index contributed by atoms with van der Waals surface area (Å²) in [7, 11) is 1.57. The summed E-state index contributed by atoms with van der Waals surface area (Å²) >= 11 is 5.86. The van der Waals surface area contributed by atoms with E-state index in [9.17, 15) is 14.4 Å². The van der Waals surface area contributed by atoms with Crippen LogP contribution in [0.5, 0.6) is 0 Å². The molecule has 0 saturated carbocycles. The number of methoxy groups -OCH3 is 1. The van der Waals surface area contributed by atoms with Gasteiger partial charge < -0.3 is 14.6 Å². The molecule has 0 atom stereocenters. The average molecular weight is 434 g/mol. The maximum absolute atomic E-state index is 13.2. The van der Waals surface area contributed by atoms with E-state index in [-0.39, 0.29) is 5.52 Å². The molecule has 0 unspecified atom stereocenters. The van der Waals surface area contributed by atoms with E-state index in [2.05, 4.69) is 10.3 Å². The van der Waals surface area contributed by atoms with Gasteiger partial charge in [0.15, 0.2) is 11.2 Å². The van der Waals surface area contributed by atoms with Crippen LogP contribution in [0.25, 0.3) is 11.2 Å². The van der Waals surface area contributed by atoms with Crippen molar-refractivity contribution in [2.24, 2.45) is 0 Å². The van der Waals surface area contributed by atoms with Crippen LogP contribution in [-0.2, 0) is 29.2 Å². The van der Waals surface area contributed by atoms with Crippen molar-refractivity contribution in [1.29, 1.82) is 0 Å². The summed E-state index contributed by atoms with van der Waals surface area (Å²) in [6.45, 7) is 4.47. The van der Waals surface area contributed by atoms with Crippen LogP contribution >= 0.6 is 11.6 Å². The van der Waals surface area contributed by atoms with E-state index in [1.165, 1.54) is 4.57 Å². The summed E-state index contributed by atoms with van der Waals surface area (Å²) in [5, 5.41) is 3.22. The Bertz CT molecular complexity index is 1180. The molecule has 160 valence electrons. The number of ether oxygens (including phenoxy) is 1. The Labute approximate surface area is 177 Å². The van der Waals surface area contributed by atoms with Gasteiger partial charge in [-0.25, -0.2) is 14.3 Å². The van der Waals surface area contributed by atoms with E-state index in [1.54, 1.807) is 42.9 Å². The first-order chi connectivity index (χ1) is 14.4. The van der Waals surface area contributed by atoms with Gasteiger partial charge in [-0.1, -0.05) is 18.5 Å². The molecule has 30 heavy (non-hydrogen) atoms. The zero-order valence-corrected chi connectivity index (χ0v) is 17.9. The Morgan fingerprint density at radius 3 is 2.47 bits per heavy atom. The Morgan fingerprint density at radius 1 is 1.13 bits per heavy atom. The second-order valence-electron chi connectivity index (χ2n) is 6.86. The van der Waals surface area contributed by atoms with Crippen LogP contribution < -0.4 is 16.6 Å². The number of aromatic nitrogens is 4. The number of hydrogen-bond donors (Lipinski definition) is 1. The van der Waals surface area contributed by atoms with Gasteiger partial charge in [0.1, 0.15) is 12.4 Å². The smallest absolute Gasteiger partial charge is 0.333 e. The van der Waals surface area contributed by atoms with Gasteiger partial charge >= 0.3 is 5.69 Å². The topological polar surface area (TPSA) is 100 Å². The van der Waals surface area contributed by atoms with Gasteiger partial charge in [0.05, 0.1) is 6.61 Å². The average Bonchev–Trinajstić information content (AvgIpc) is 3.04. The molecule has 0 spiro atoms. The number of hydrogen-bond acceptors (Lipinski definition) is 5. The second-order valence-corrected chi connectivity index (χ2v) is 7.29. The van der Waals surface area contributed by atoms with Gasteiger partial charge in [0, 0.05) is 30.9 Å². The molecule has 1 amide bonds. The molecule has 2 heterocycles. The molecule has 3 aromatic rings. The van der Waals surface area contributed by atoms with Crippen molar-refractivity contribution in [1.82, 2.24) is 18.7 Å². The largest absolute Gasteiger partial charge is 0.383 e. The van der Waals surface area contributed by atoms with Crippen LogP contribution in [0.15, 0.2) is 33.9 Å². The number of halogens is 1. The molecule has 0 saturated heterocycles. The Balaban J connectivity index is 2.06. The second kappa shape index (κ2) is 9.27. The summed E-state index contributed by atoms with van der Waals surface area (Å²) in [6, 6.07) is 6.57. The van der Waals surface area contributed by atoms with Crippen molar-refractivity contribution >= 4 is 34.4 Å². The zero-order chi connectivity index (χ0) is 21.8. The Morgan fingerprint density at radius 2 is 1.83 bits per heavy atom. The fraction of sp³-hybridized carbons (Fsp3) is 0.400. The van der Waals surface area contributed by atoms with Gasteiger partial charge in [0.2, 0.25) is 5.91 Å². The van der Waals surface area contributed by atoms with Gasteiger partial charge in [-0.3, -0.25) is 14.2 Å². The summed E-state index contributed by atoms with van der Waals surface area (Å²) in [5.41, 5.74) is 0.0300. The number of rotatable bonds is 8. The summed E-state index contributed by atoms with van der Waals surface area (Å²) in [5.74, 6) is 0.116. The zero-order valence-electron chi connectivity index (χ0n) is 17.1. The number of amides is 1. The number of aryl methyl sites for hydroxylation is 2. The highest BCUT2D eigenvalue weighted by Gasteiger charge is 2.21. The molecule has 3 rings (SSSR count). The first-order valence-electron chi connectivity index (χ1n) is 9.62. The number of nitrogens with zero attached hydrogens (tertiary/aromatic N) is 4. The van der Waals surface area contributed by atoms with Crippen molar-refractivity contribution in [2.75, 3.05) is 19.0 Å². The van der Waals surface area contributed by atoms with Gasteiger partial charge in [0.25, 0.3) is 5.56 Å². The minimum absolute atomic E-state index is 0.289. The third-order valence-corrected chi connectivity index (χ3v) is 4.95. The lowest BCUT2D eigenvalue weighted by Crippen LogP contribution is -2.43. The highest BCUT2D eigenvalue weighted by atomic mass is 35.5. The Kier molecular flexibility index (Phi) is 6.73. The molecule has 0 bridgehead atoms. The number of carbonyl (C=O) groups is 1. The van der Waals surface area contributed by atoms with E-state index in [1.807, 2.05) is 6.92 Å². The Hall–Kier alpha value is -2.91. The molecule has 0 aliphatic rings. The maximum Gasteiger partial charge on any atom is 0.333 e. The highest BCUT2D eigenvalue weighted by molar-refractivity contribution is 6.30. The molecular weight excluding hydrogens is 410 g/mol. The van der Waals surface area contributed by atoms with Crippen LogP contribution in [0.3, 0.4) is 0 Å². The van der Waals surface area contributed by atoms with E-state index >= 15 is 0 Å². The van der Waals surface area contributed by atoms with Crippen LogP contribution in [0, 0.1) is 6.92 Å². The summed E-state index contributed by atoms with van der Waals surface area (Å²) in [6.07, 6.45) is 0.675. The molecule has 0 aliphatic carbocycles. The third-order valence-electron chi connectivity index (χ3n) is 4.70. The number of benzene rings is 1. The lowest BCUT2D eigenvalue weighted by Gasteiger charge is -2.12. The minimum Gasteiger partial charge on any atom is -0.383 e. The molecule has 10 heteroatoms. The highest BCUT2D eigenvalue weighted by Crippen LogP contribution is 2.14.